The molecule has 0 spiro atoms. The maximum Gasteiger partial charge on any atom is 0.185 e. The molecule has 172 valence electrons. The molecule has 1 aliphatic carbocycles. The Kier molecular flexibility index (Phi) is 6.47. The summed E-state index contributed by atoms with van der Waals surface area (Å²) in [6, 6.07) is 4.14. The molecule has 0 saturated heterocycles. The summed E-state index contributed by atoms with van der Waals surface area (Å²) in [6.07, 6.45) is 6.49. The summed E-state index contributed by atoms with van der Waals surface area (Å²) in [5.74, 6) is -0.181. The monoisotopic (exact) mass is 424 g/mol. The second-order valence-electron chi connectivity index (χ2n) is 13.6. The third-order valence-corrected chi connectivity index (χ3v) is 6.76. The van der Waals surface area contributed by atoms with Crippen molar-refractivity contribution in [3.63, 3.8) is 0 Å². The first kappa shape index (κ1) is 25.7. The first-order valence-corrected chi connectivity index (χ1v) is 11.6. The molecular weight excluding hydrogens is 380 g/mol. The van der Waals surface area contributed by atoms with E-state index in [9.17, 15) is 10.2 Å². The largest absolute Gasteiger partial charge is 0.289 e. The Morgan fingerprint density at radius 2 is 1.35 bits per heavy atom. The van der Waals surface area contributed by atoms with Gasteiger partial charge >= 0.3 is 0 Å². The molecule has 0 aliphatic heterocycles. The highest BCUT2D eigenvalue weighted by Gasteiger charge is 2.48. The quantitative estimate of drug-likeness (QED) is 0.458. The van der Waals surface area contributed by atoms with E-state index in [1.165, 1.54) is 5.57 Å². The van der Waals surface area contributed by atoms with E-state index in [0.29, 0.717) is 6.42 Å². The molecule has 2 rings (SSSR count). The minimum absolute atomic E-state index is 0.0436. The molecule has 1 aliphatic rings. The summed E-state index contributed by atoms with van der Waals surface area (Å²) in [6.45, 7) is 25.4. The van der Waals surface area contributed by atoms with E-state index in [1.54, 1.807) is 0 Å². The summed E-state index contributed by atoms with van der Waals surface area (Å²) in [5.41, 5.74) is 1.84. The lowest BCUT2D eigenvalue weighted by atomic mass is 9.63. The van der Waals surface area contributed by atoms with Crippen molar-refractivity contribution >= 4 is 0 Å². The van der Waals surface area contributed by atoms with E-state index in [4.69, 9.17) is 0 Å². The molecule has 0 amide bonds. The molecule has 31 heavy (non-hydrogen) atoms. The van der Waals surface area contributed by atoms with Crippen molar-refractivity contribution in [3.05, 3.63) is 52.6 Å². The topological polar surface area (TPSA) is 39.8 Å². The molecular formula is C29H44O2. The third kappa shape index (κ3) is 5.28. The van der Waals surface area contributed by atoms with Gasteiger partial charge in [0.05, 0.1) is 0 Å². The van der Waals surface area contributed by atoms with E-state index in [1.807, 2.05) is 32.9 Å². The summed E-state index contributed by atoms with van der Waals surface area (Å²) in [5, 5.41) is 27.8. The van der Waals surface area contributed by atoms with Crippen molar-refractivity contribution in [1.29, 1.82) is 0 Å². The van der Waals surface area contributed by atoms with Crippen LogP contribution in [0.25, 0.3) is 0 Å². The smallest absolute Gasteiger partial charge is 0.185 e. The van der Waals surface area contributed by atoms with Crippen LogP contribution in [0.5, 0.6) is 5.75 Å². The lowest BCUT2D eigenvalue weighted by molar-refractivity contribution is -0.103. The van der Waals surface area contributed by atoms with E-state index >= 15 is 0 Å². The van der Waals surface area contributed by atoms with Crippen LogP contribution in [0.4, 0.5) is 0 Å². The number of benzene rings is 1. The molecule has 0 heterocycles. The van der Waals surface area contributed by atoms with Gasteiger partial charge in [-0.3, -0.25) is 5.11 Å². The molecule has 2 radical (unpaired) electrons. The average Bonchev–Trinajstić information content (AvgIpc) is 2.54. The van der Waals surface area contributed by atoms with Gasteiger partial charge in [-0.1, -0.05) is 107 Å². The average molecular weight is 425 g/mol. The molecule has 2 atom stereocenters. The summed E-state index contributed by atoms with van der Waals surface area (Å²) < 4.78 is 0. The number of rotatable bonds is 2. The van der Waals surface area contributed by atoms with E-state index in [0.717, 1.165) is 16.7 Å². The van der Waals surface area contributed by atoms with Crippen molar-refractivity contribution in [2.24, 2.45) is 16.7 Å². The van der Waals surface area contributed by atoms with Crippen LogP contribution in [-0.4, -0.2) is 5.60 Å². The van der Waals surface area contributed by atoms with E-state index in [-0.39, 0.29) is 27.9 Å². The minimum atomic E-state index is -1.27. The van der Waals surface area contributed by atoms with Crippen LogP contribution in [0.1, 0.15) is 99.8 Å². The number of hydrogen-bond acceptors (Lipinski definition) is 0. The highest BCUT2D eigenvalue weighted by Crippen LogP contribution is 2.47. The Morgan fingerprint density at radius 3 is 1.77 bits per heavy atom. The van der Waals surface area contributed by atoms with Crippen LogP contribution in [0, 0.1) is 16.7 Å². The van der Waals surface area contributed by atoms with Gasteiger partial charge in [-0.15, -0.1) is 0 Å². The van der Waals surface area contributed by atoms with Gasteiger partial charge in [0.15, 0.2) is 5.75 Å². The Balaban J connectivity index is 2.70. The van der Waals surface area contributed by atoms with Crippen molar-refractivity contribution in [2.75, 3.05) is 0 Å². The lowest BCUT2D eigenvalue weighted by Crippen LogP contribution is -2.48. The van der Waals surface area contributed by atoms with Gasteiger partial charge in [-0.2, -0.15) is 0 Å². The lowest BCUT2D eigenvalue weighted by Gasteiger charge is -2.44. The van der Waals surface area contributed by atoms with Crippen molar-refractivity contribution in [3.8, 4) is 5.75 Å². The second kappa shape index (κ2) is 7.80. The summed E-state index contributed by atoms with van der Waals surface area (Å²) >= 11 is 0. The molecule has 0 bridgehead atoms. The summed E-state index contributed by atoms with van der Waals surface area (Å²) in [4.78, 5) is 0. The Morgan fingerprint density at radius 1 is 0.806 bits per heavy atom. The van der Waals surface area contributed by atoms with Crippen molar-refractivity contribution < 1.29 is 10.2 Å². The second-order valence-corrected chi connectivity index (χ2v) is 13.6. The minimum Gasteiger partial charge on any atom is -0.289 e. The van der Waals surface area contributed by atoms with Gasteiger partial charge in [-0.25, -0.2) is 5.11 Å². The van der Waals surface area contributed by atoms with E-state index < -0.39 is 11.0 Å². The number of allylic oxidation sites excluding steroid dienone is 2. The van der Waals surface area contributed by atoms with Crippen LogP contribution in [-0.2, 0) is 27.5 Å². The molecule has 2 unspecified atom stereocenters. The standard InChI is InChI=1S/C29H44O2/c1-25(2,3)20-13-14-29(31,28(10,11)12)22(17-20)16-19-15-21(26(4,5)6)18-23(24(19)30)27(7,8)9/h13-15,17-18,22H,16H2,1-12H3. The van der Waals surface area contributed by atoms with Gasteiger partial charge < -0.3 is 0 Å². The predicted octanol–water partition coefficient (Wildman–Crippen LogP) is 8.34. The predicted molar refractivity (Wildman–Crippen MR) is 131 cm³/mol. The fourth-order valence-electron chi connectivity index (χ4n) is 4.32. The number of hydrogen-bond donors (Lipinski definition) is 0. The molecule has 1 aromatic carbocycles. The van der Waals surface area contributed by atoms with Crippen LogP contribution in [0.3, 0.4) is 0 Å². The fourth-order valence-corrected chi connectivity index (χ4v) is 4.32. The highest BCUT2D eigenvalue weighted by molar-refractivity contribution is 5.49. The normalized spacial score (nSPS) is 23.1. The van der Waals surface area contributed by atoms with Crippen LogP contribution < -0.4 is 0 Å². The van der Waals surface area contributed by atoms with Gasteiger partial charge in [-0.05, 0) is 45.3 Å². The Labute approximate surface area is 191 Å². The zero-order chi connectivity index (χ0) is 24.2. The third-order valence-electron chi connectivity index (χ3n) is 6.76. The first-order chi connectivity index (χ1) is 13.7. The Bertz CT molecular complexity index is 874. The van der Waals surface area contributed by atoms with Gasteiger partial charge in [0.2, 0.25) is 0 Å². The van der Waals surface area contributed by atoms with Gasteiger partial charge in [0, 0.05) is 17.0 Å². The zero-order valence-corrected chi connectivity index (χ0v) is 22.0. The summed E-state index contributed by atoms with van der Waals surface area (Å²) in [7, 11) is 0. The maximum atomic E-state index is 14.2. The van der Waals surface area contributed by atoms with E-state index in [2.05, 4.69) is 80.5 Å². The molecule has 2 nitrogen and oxygen atoms in total. The SMILES string of the molecule is CC(C)(C)C1=CC(Cc2cc(C(C)(C)C)cc(C(C)(C)C)c2[O])C([O])(C(C)(C)C)C=C1. The Hall–Kier alpha value is -1.54. The highest BCUT2D eigenvalue weighted by atomic mass is 16.3. The molecule has 0 fully saturated rings. The van der Waals surface area contributed by atoms with Crippen molar-refractivity contribution in [2.45, 2.75) is 106 Å². The molecule has 1 aromatic rings. The van der Waals surface area contributed by atoms with Crippen LogP contribution in [0.2, 0.25) is 0 Å². The zero-order valence-electron chi connectivity index (χ0n) is 22.0. The maximum absolute atomic E-state index is 14.2. The van der Waals surface area contributed by atoms with Crippen molar-refractivity contribution in [1.82, 2.24) is 0 Å². The first-order valence-electron chi connectivity index (χ1n) is 11.6. The molecule has 2 heteroatoms. The van der Waals surface area contributed by atoms with Crippen LogP contribution >= 0.6 is 0 Å². The molecule has 0 saturated carbocycles. The van der Waals surface area contributed by atoms with Crippen LogP contribution in [0.15, 0.2) is 35.9 Å². The molecule has 0 aromatic heterocycles. The fraction of sp³-hybridized carbons (Fsp3) is 0.655. The molecule has 0 N–H and O–H groups in total. The van der Waals surface area contributed by atoms with Gasteiger partial charge in [0.1, 0.15) is 5.60 Å². The van der Waals surface area contributed by atoms with Gasteiger partial charge in [0.25, 0.3) is 0 Å².